The van der Waals surface area contributed by atoms with Crippen LogP contribution >= 0.6 is 0 Å². The molecule has 0 aliphatic carbocycles. The minimum absolute atomic E-state index is 0.226. The van der Waals surface area contributed by atoms with Gasteiger partial charge in [-0.1, -0.05) is 82.5 Å². The van der Waals surface area contributed by atoms with Gasteiger partial charge in [0.25, 0.3) is 0 Å². The van der Waals surface area contributed by atoms with E-state index in [0.717, 1.165) is 64.3 Å². The smallest absolute Gasteiger partial charge is 0.407 e. The summed E-state index contributed by atoms with van der Waals surface area (Å²) in [6, 6.07) is 14.1. The van der Waals surface area contributed by atoms with Gasteiger partial charge in [0.15, 0.2) is 0 Å². The summed E-state index contributed by atoms with van der Waals surface area (Å²) in [5.41, 5.74) is 1.08. The topological polar surface area (TPSA) is 95.1 Å². The van der Waals surface area contributed by atoms with Gasteiger partial charge in [-0.25, -0.2) is 9.59 Å². The molecule has 0 saturated carbocycles. The molecule has 2 atom stereocenters. The van der Waals surface area contributed by atoms with Crippen molar-refractivity contribution in [1.29, 1.82) is 0 Å². The quantitative estimate of drug-likeness (QED) is 0.136. The van der Waals surface area contributed by atoms with E-state index in [2.05, 4.69) is 30.5 Å². The number of benzene rings is 3. The molecule has 0 fully saturated rings. The van der Waals surface area contributed by atoms with Crippen molar-refractivity contribution < 1.29 is 28.5 Å². The monoisotopic (exact) mass is 566 g/mol. The second kappa shape index (κ2) is 16.6. The van der Waals surface area contributed by atoms with E-state index in [0.29, 0.717) is 25.9 Å². The maximum absolute atomic E-state index is 12.3. The molecular weight excluding hydrogens is 520 g/mol. The number of carbonyl (C=O) groups is 2. The first-order valence-corrected chi connectivity index (χ1v) is 15.0. The van der Waals surface area contributed by atoms with E-state index in [1.807, 2.05) is 57.2 Å². The molecule has 0 spiro atoms. The number of rotatable bonds is 16. The van der Waals surface area contributed by atoms with Crippen LogP contribution in [0, 0.1) is 6.92 Å². The van der Waals surface area contributed by atoms with Gasteiger partial charge in [-0.2, -0.15) is 0 Å². The third-order valence-corrected chi connectivity index (χ3v) is 6.97. The lowest BCUT2D eigenvalue weighted by molar-refractivity contribution is 0.0628. The first kappa shape index (κ1) is 31.8. The molecule has 3 rings (SSSR count). The highest BCUT2D eigenvalue weighted by Gasteiger charge is 2.21. The van der Waals surface area contributed by atoms with Gasteiger partial charge in [-0.3, -0.25) is 0 Å². The molecule has 8 nitrogen and oxygen atoms in total. The summed E-state index contributed by atoms with van der Waals surface area (Å²) in [5.74, 6) is 1.44. The maximum Gasteiger partial charge on any atom is 0.407 e. The fourth-order valence-electron chi connectivity index (χ4n) is 4.47. The zero-order chi connectivity index (χ0) is 29.6. The molecular formula is C33H46N2O6. The molecule has 8 heteroatoms. The minimum atomic E-state index is -0.422. The van der Waals surface area contributed by atoms with Gasteiger partial charge in [0.05, 0.1) is 0 Å². The minimum Gasteiger partial charge on any atom is -0.488 e. The molecule has 0 heterocycles. The number of alkyl carbamates (subject to hydrolysis) is 2. The van der Waals surface area contributed by atoms with Crippen LogP contribution in [0.4, 0.5) is 9.59 Å². The Morgan fingerprint density at radius 1 is 0.683 bits per heavy atom. The Labute approximate surface area is 244 Å². The summed E-state index contributed by atoms with van der Waals surface area (Å²) in [6.07, 6.45) is 3.45. The summed E-state index contributed by atoms with van der Waals surface area (Å²) < 4.78 is 24.1. The average Bonchev–Trinajstić information content (AvgIpc) is 2.97. The van der Waals surface area contributed by atoms with Gasteiger partial charge in [0, 0.05) is 34.6 Å². The number of carbonyl (C=O) groups excluding carboxylic acids is 2. The number of ether oxygens (including phenoxy) is 4. The number of fused-ring (bicyclic) bond motifs is 2. The van der Waals surface area contributed by atoms with Crippen LogP contribution in [0.3, 0.4) is 0 Å². The largest absolute Gasteiger partial charge is 0.488 e. The van der Waals surface area contributed by atoms with Crippen molar-refractivity contribution in [3.8, 4) is 11.5 Å². The Morgan fingerprint density at radius 2 is 1.15 bits per heavy atom. The highest BCUT2D eigenvalue weighted by atomic mass is 16.6. The molecule has 2 amide bonds. The van der Waals surface area contributed by atoms with E-state index < -0.39 is 24.4 Å². The van der Waals surface area contributed by atoms with Crippen molar-refractivity contribution in [2.24, 2.45) is 0 Å². The molecule has 3 aromatic rings. The number of hydrogen-bond donors (Lipinski definition) is 2. The fourth-order valence-corrected chi connectivity index (χ4v) is 4.47. The molecule has 3 aromatic carbocycles. The standard InChI is InChI=1S/C33H46N2O6/c1-6-10-18-34-32(36)40-24(8-3)21-38-30-26-14-12-13-15-27(26)31(29-20-23(5)16-17-28(29)30)39-22-25(9-4)41-33(37)35-19-11-7-2/h12-17,20,24-25H,6-11,18-19,21-22H2,1-5H3,(H,34,36)(H,35,37). The molecule has 2 unspecified atom stereocenters. The molecule has 41 heavy (non-hydrogen) atoms. The normalized spacial score (nSPS) is 12.5. The van der Waals surface area contributed by atoms with E-state index in [-0.39, 0.29) is 13.2 Å². The molecule has 0 radical (unpaired) electrons. The van der Waals surface area contributed by atoms with Crippen LogP contribution in [-0.2, 0) is 9.47 Å². The highest BCUT2D eigenvalue weighted by Crippen LogP contribution is 2.43. The van der Waals surface area contributed by atoms with Gasteiger partial charge in [-0.15, -0.1) is 0 Å². The van der Waals surface area contributed by atoms with Crippen molar-refractivity contribution in [3.05, 3.63) is 48.0 Å². The first-order valence-electron chi connectivity index (χ1n) is 15.0. The molecule has 0 aromatic heterocycles. The summed E-state index contributed by atoms with van der Waals surface area (Å²) in [4.78, 5) is 24.5. The number of amides is 2. The van der Waals surface area contributed by atoms with E-state index in [9.17, 15) is 9.59 Å². The van der Waals surface area contributed by atoms with Crippen molar-refractivity contribution in [3.63, 3.8) is 0 Å². The van der Waals surface area contributed by atoms with Crippen LogP contribution in [0.15, 0.2) is 42.5 Å². The van der Waals surface area contributed by atoms with Crippen molar-refractivity contribution >= 4 is 33.7 Å². The van der Waals surface area contributed by atoms with Gasteiger partial charge < -0.3 is 29.6 Å². The number of unbranched alkanes of at least 4 members (excludes halogenated alkanes) is 2. The van der Waals surface area contributed by atoms with Crippen LogP contribution in [0.5, 0.6) is 11.5 Å². The van der Waals surface area contributed by atoms with Crippen LogP contribution in [0.1, 0.15) is 71.8 Å². The number of hydrogen-bond acceptors (Lipinski definition) is 6. The molecule has 2 N–H and O–H groups in total. The molecule has 0 saturated heterocycles. The van der Waals surface area contributed by atoms with E-state index in [4.69, 9.17) is 18.9 Å². The summed E-state index contributed by atoms with van der Waals surface area (Å²) in [5, 5.41) is 9.21. The average molecular weight is 567 g/mol. The zero-order valence-corrected chi connectivity index (χ0v) is 25.2. The Morgan fingerprint density at radius 3 is 1.61 bits per heavy atom. The second-order valence-corrected chi connectivity index (χ2v) is 10.3. The molecule has 0 aliphatic rings. The number of nitrogens with one attached hydrogen (secondary N) is 2. The predicted molar refractivity (Wildman–Crippen MR) is 164 cm³/mol. The first-order chi connectivity index (χ1) is 19.9. The Hall–Kier alpha value is -3.68. The molecule has 0 bridgehead atoms. The molecule has 0 aliphatic heterocycles. The zero-order valence-electron chi connectivity index (χ0n) is 25.2. The Balaban J connectivity index is 1.86. The van der Waals surface area contributed by atoms with E-state index >= 15 is 0 Å². The maximum atomic E-state index is 12.3. The van der Waals surface area contributed by atoms with Crippen molar-refractivity contribution in [2.45, 2.75) is 85.4 Å². The van der Waals surface area contributed by atoms with Crippen molar-refractivity contribution in [1.82, 2.24) is 10.6 Å². The fraction of sp³-hybridized carbons (Fsp3) is 0.515. The lowest BCUT2D eigenvalue weighted by Gasteiger charge is -2.22. The van der Waals surface area contributed by atoms with Gasteiger partial charge in [-0.05, 0) is 38.7 Å². The van der Waals surface area contributed by atoms with Gasteiger partial charge >= 0.3 is 12.2 Å². The highest BCUT2D eigenvalue weighted by molar-refractivity contribution is 6.11. The predicted octanol–water partition coefficient (Wildman–Crippen LogP) is 7.67. The second-order valence-electron chi connectivity index (χ2n) is 10.3. The van der Waals surface area contributed by atoms with Crippen molar-refractivity contribution in [2.75, 3.05) is 26.3 Å². The Kier molecular flexibility index (Phi) is 12.9. The van der Waals surface area contributed by atoms with Crippen LogP contribution in [0.25, 0.3) is 21.5 Å². The Bertz CT molecular complexity index is 1280. The summed E-state index contributed by atoms with van der Waals surface area (Å²) in [7, 11) is 0. The third kappa shape index (κ3) is 9.17. The SMILES string of the molecule is CCCCNC(=O)OC(CC)COc1c2ccccc2c(OCC(CC)OC(=O)NCCCC)c2cc(C)ccc12. The summed E-state index contributed by atoms with van der Waals surface area (Å²) in [6.45, 7) is 11.8. The lowest BCUT2D eigenvalue weighted by Crippen LogP contribution is -2.32. The van der Waals surface area contributed by atoms with Crippen LogP contribution < -0.4 is 20.1 Å². The van der Waals surface area contributed by atoms with Crippen LogP contribution in [0.2, 0.25) is 0 Å². The number of aryl methyl sites for hydroxylation is 1. The molecule has 224 valence electrons. The van der Waals surface area contributed by atoms with Gasteiger partial charge in [0.1, 0.15) is 36.9 Å². The van der Waals surface area contributed by atoms with E-state index in [1.165, 1.54) is 0 Å². The van der Waals surface area contributed by atoms with Gasteiger partial charge in [0.2, 0.25) is 0 Å². The summed E-state index contributed by atoms with van der Waals surface area (Å²) >= 11 is 0. The third-order valence-electron chi connectivity index (χ3n) is 6.97. The van der Waals surface area contributed by atoms with E-state index in [1.54, 1.807) is 0 Å². The lowest BCUT2D eigenvalue weighted by atomic mass is 9.99. The van der Waals surface area contributed by atoms with Crippen LogP contribution in [-0.4, -0.2) is 50.7 Å².